The van der Waals surface area contributed by atoms with E-state index in [0.717, 1.165) is 15.4 Å². The molecule has 1 heterocycles. The van der Waals surface area contributed by atoms with Crippen LogP contribution in [0.15, 0.2) is 69.4 Å². The largest absolute Gasteiger partial charge is 0.325 e. The second-order valence-corrected chi connectivity index (χ2v) is 7.72. The maximum atomic E-state index is 12.0. The monoisotopic (exact) mass is 314 g/mol. The highest BCUT2D eigenvalue weighted by Gasteiger charge is 2.37. The normalized spacial score (nSPS) is 24.6. The number of benzene rings is 2. The lowest BCUT2D eigenvalue weighted by atomic mass is 10.2. The maximum absolute atomic E-state index is 12.0. The van der Waals surface area contributed by atoms with Crippen LogP contribution in [0.4, 0.5) is 0 Å². The molecule has 2 N–H and O–H groups in total. The summed E-state index contributed by atoms with van der Waals surface area (Å²) in [4.78, 5) is 17.7. The standard InChI is InChI=1S/C17H18N2O2S/c1-12(2)17(20)18-16-14-10-6-7-11-15(14)22(21,19-16)13-8-4-3-5-9-13/h3-12,21H,1-2H3,(H,18,19,20). The van der Waals surface area contributed by atoms with Crippen molar-refractivity contribution >= 4 is 22.2 Å². The summed E-state index contributed by atoms with van der Waals surface area (Å²) in [5.41, 5.74) is 0.790. The lowest BCUT2D eigenvalue weighted by molar-refractivity contribution is -0.120. The zero-order chi connectivity index (χ0) is 15.7. The Bertz CT molecular complexity index is 743. The van der Waals surface area contributed by atoms with Crippen LogP contribution in [0.25, 0.3) is 0 Å². The molecule has 0 aromatic heterocycles. The van der Waals surface area contributed by atoms with Crippen molar-refractivity contribution in [3.63, 3.8) is 0 Å². The Morgan fingerprint density at radius 1 is 1.09 bits per heavy atom. The van der Waals surface area contributed by atoms with Gasteiger partial charge in [0.25, 0.3) is 0 Å². The molecule has 1 unspecified atom stereocenters. The molecule has 5 heteroatoms. The Morgan fingerprint density at radius 3 is 2.41 bits per heavy atom. The van der Waals surface area contributed by atoms with Gasteiger partial charge in [-0.05, 0) is 28.7 Å². The summed E-state index contributed by atoms with van der Waals surface area (Å²) < 4.78 is 14.3. The molecule has 0 saturated heterocycles. The number of rotatable bonds is 2. The molecule has 114 valence electrons. The number of amides is 1. The lowest BCUT2D eigenvalue weighted by Gasteiger charge is -2.30. The molecule has 4 nitrogen and oxygen atoms in total. The van der Waals surface area contributed by atoms with Gasteiger partial charge in [-0.25, -0.2) is 0 Å². The molecule has 0 aliphatic carbocycles. The van der Waals surface area contributed by atoms with E-state index in [1.807, 2.05) is 68.4 Å². The predicted molar refractivity (Wildman–Crippen MR) is 89.2 cm³/mol. The van der Waals surface area contributed by atoms with E-state index < -0.39 is 10.5 Å². The number of aliphatic imine (C=N–C) groups is 1. The van der Waals surface area contributed by atoms with Crippen molar-refractivity contribution < 1.29 is 9.35 Å². The summed E-state index contributed by atoms with van der Waals surface area (Å²) in [6, 6.07) is 17.0. The number of hydrogen-bond acceptors (Lipinski definition) is 2. The first-order chi connectivity index (χ1) is 10.5. The smallest absolute Gasteiger partial charge is 0.250 e. The number of amidine groups is 1. The van der Waals surface area contributed by atoms with Gasteiger partial charge in [0.15, 0.2) is 0 Å². The highest BCUT2D eigenvalue weighted by Crippen LogP contribution is 2.60. The number of nitrogens with one attached hydrogen (secondary N) is 1. The Morgan fingerprint density at radius 2 is 1.73 bits per heavy atom. The molecule has 1 amide bonds. The molecule has 0 radical (unpaired) electrons. The van der Waals surface area contributed by atoms with Crippen LogP contribution in [0, 0.1) is 5.92 Å². The Hall–Kier alpha value is -2.11. The number of fused-ring (bicyclic) bond motifs is 1. The number of carbonyl (C=O) groups excluding carboxylic acids is 1. The van der Waals surface area contributed by atoms with Crippen LogP contribution in [0.2, 0.25) is 0 Å². The molecule has 0 saturated carbocycles. The summed E-state index contributed by atoms with van der Waals surface area (Å²) in [7, 11) is -2.40. The fourth-order valence-corrected chi connectivity index (χ4v) is 4.52. The predicted octanol–water partition coefficient (Wildman–Crippen LogP) is 3.83. The number of hydrogen-bond donors (Lipinski definition) is 2. The molecule has 0 spiro atoms. The fraction of sp³-hybridized carbons (Fsp3) is 0.176. The van der Waals surface area contributed by atoms with Crippen molar-refractivity contribution in [2.45, 2.75) is 23.6 Å². The van der Waals surface area contributed by atoms with Gasteiger partial charge in [-0.3, -0.25) is 4.79 Å². The molecule has 1 atom stereocenters. The summed E-state index contributed by atoms with van der Waals surface area (Å²) in [6.07, 6.45) is 0. The third-order valence-electron chi connectivity index (χ3n) is 3.51. The van der Waals surface area contributed by atoms with Gasteiger partial charge in [-0.2, -0.15) is 4.99 Å². The van der Waals surface area contributed by atoms with Crippen LogP contribution < -0.4 is 4.72 Å². The molecule has 2 aromatic rings. The van der Waals surface area contributed by atoms with Gasteiger partial charge < -0.3 is 9.27 Å². The van der Waals surface area contributed by atoms with E-state index in [-0.39, 0.29) is 11.8 Å². The van der Waals surface area contributed by atoms with Crippen LogP contribution in [-0.2, 0) is 4.79 Å². The van der Waals surface area contributed by atoms with Crippen LogP contribution in [0.5, 0.6) is 0 Å². The lowest BCUT2D eigenvalue weighted by Crippen LogP contribution is -2.22. The molecule has 1 aliphatic heterocycles. The van der Waals surface area contributed by atoms with E-state index in [0.29, 0.717) is 5.84 Å². The second-order valence-electron chi connectivity index (χ2n) is 5.44. The van der Waals surface area contributed by atoms with Crippen molar-refractivity contribution in [2.75, 3.05) is 0 Å². The van der Waals surface area contributed by atoms with Crippen molar-refractivity contribution in [1.82, 2.24) is 4.72 Å². The summed E-state index contributed by atoms with van der Waals surface area (Å²) in [6.45, 7) is 3.62. The summed E-state index contributed by atoms with van der Waals surface area (Å²) in [5, 5.41) is 0. The molecule has 2 aromatic carbocycles. The van der Waals surface area contributed by atoms with Crippen molar-refractivity contribution in [3.05, 3.63) is 60.2 Å². The second kappa shape index (κ2) is 5.59. The van der Waals surface area contributed by atoms with Crippen LogP contribution in [0.1, 0.15) is 19.4 Å². The minimum absolute atomic E-state index is 0.179. The highest BCUT2D eigenvalue weighted by molar-refractivity contribution is 8.28. The van der Waals surface area contributed by atoms with Gasteiger partial charge in [0.05, 0.1) is 0 Å². The Kier molecular flexibility index (Phi) is 3.76. The van der Waals surface area contributed by atoms with E-state index >= 15 is 0 Å². The van der Waals surface area contributed by atoms with E-state index in [2.05, 4.69) is 9.71 Å². The molecule has 3 rings (SSSR count). The van der Waals surface area contributed by atoms with Gasteiger partial charge in [0.2, 0.25) is 5.91 Å². The topological polar surface area (TPSA) is 61.7 Å². The summed E-state index contributed by atoms with van der Waals surface area (Å²) >= 11 is 0. The fourth-order valence-electron chi connectivity index (χ4n) is 2.30. The zero-order valence-corrected chi connectivity index (χ0v) is 13.3. The molecular formula is C17H18N2O2S. The first-order valence-electron chi connectivity index (χ1n) is 7.13. The van der Waals surface area contributed by atoms with Gasteiger partial charge in [-0.1, -0.05) is 50.2 Å². The van der Waals surface area contributed by atoms with E-state index in [1.165, 1.54) is 0 Å². The van der Waals surface area contributed by atoms with Crippen LogP contribution in [0.3, 0.4) is 0 Å². The SMILES string of the molecule is CC(C)C(=O)N=C1NS(O)(c2ccccc2)c2ccccc21. The quantitative estimate of drug-likeness (QED) is 0.885. The molecule has 1 aliphatic rings. The molecule has 22 heavy (non-hydrogen) atoms. The molecule has 0 bridgehead atoms. The highest BCUT2D eigenvalue weighted by atomic mass is 32.3. The average molecular weight is 314 g/mol. The van der Waals surface area contributed by atoms with E-state index in [9.17, 15) is 9.35 Å². The molecule has 0 fully saturated rings. The van der Waals surface area contributed by atoms with E-state index in [4.69, 9.17) is 0 Å². The Balaban J connectivity index is 2.12. The first kappa shape index (κ1) is 14.8. The molecular weight excluding hydrogens is 296 g/mol. The zero-order valence-electron chi connectivity index (χ0n) is 12.5. The average Bonchev–Trinajstić information content (AvgIpc) is 2.82. The van der Waals surface area contributed by atoms with Gasteiger partial charge in [0.1, 0.15) is 5.84 Å². The third kappa shape index (κ3) is 2.42. The van der Waals surface area contributed by atoms with Gasteiger partial charge in [-0.15, -0.1) is 0 Å². The van der Waals surface area contributed by atoms with E-state index in [1.54, 1.807) is 0 Å². The maximum Gasteiger partial charge on any atom is 0.250 e. The van der Waals surface area contributed by atoms with Crippen molar-refractivity contribution in [2.24, 2.45) is 10.9 Å². The number of carbonyl (C=O) groups is 1. The van der Waals surface area contributed by atoms with Crippen molar-refractivity contribution in [3.8, 4) is 0 Å². The third-order valence-corrected chi connectivity index (χ3v) is 5.94. The van der Waals surface area contributed by atoms with Gasteiger partial charge in [0, 0.05) is 21.3 Å². The van der Waals surface area contributed by atoms with Crippen LogP contribution in [-0.4, -0.2) is 16.3 Å². The van der Waals surface area contributed by atoms with Gasteiger partial charge >= 0.3 is 0 Å². The first-order valence-corrected chi connectivity index (χ1v) is 8.72. The minimum Gasteiger partial charge on any atom is -0.325 e. The summed E-state index contributed by atoms with van der Waals surface area (Å²) in [5.74, 6) is 0.0755. The minimum atomic E-state index is -2.40. The Labute approximate surface area is 131 Å². The number of nitrogens with zero attached hydrogens (tertiary/aromatic N) is 1. The van der Waals surface area contributed by atoms with Crippen molar-refractivity contribution in [1.29, 1.82) is 0 Å². The van der Waals surface area contributed by atoms with Crippen LogP contribution >= 0.6 is 10.5 Å².